The van der Waals surface area contributed by atoms with Crippen LogP contribution in [0.15, 0.2) is 12.2 Å². The minimum atomic E-state index is -1.00. The lowest BCUT2D eigenvalue weighted by Crippen LogP contribution is -2.70. The number of esters is 1. The maximum atomic E-state index is 14.1. The molecule has 33 heavy (non-hydrogen) atoms. The Morgan fingerprint density at radius 2 is 1.88 bits per heavy atom. The average molecular weight is 461 g/mol. The Morgan fingerprint density at radius 1 is 1.21 bits per heavy atom. The Morgan fingerprint density at radius 3 is 2.48 bits per heavy atom. The minimum absolute atomic E-state index is 0.0308. The summed E-state index contributed by atoms with van der Waals surface area (Å²) in [4.78, 5) is 40.1. The van der Waals surface area contributed by atoms with Gasteiger partial charge in [-0.05, 0) is 61.9 Å². The smallest absolute Gasteiger partial charge is 0.302 e. The molecule has 0 amide bonds. The molecule has 0 aromatic rings. The number of ether oxygens (including phenoxy) is 3. The van der Waals surface area contributed by atoms with Gasteiger partial charge in [-0.2, -0.15) is 0 Å². The molecule has 0 saturated heterocycles. The van der Waals surface area contributed by atoms with Gasteiger partial charge in [0, 0.05) is 31.8 Å². The van der Waals surface area contributed by atoms with Crippen molar-refractivity contribution >= 4 is 17.5 Å². The average Bonchev–Trinajstić information content (AvgIpc) is 2.83. The molecule has 1 spiro atoms. The zero-order valence-electron chi connectivity index (χ0n) is 21.3. The third kappa shape index (κ3) is 3.30. The predicted octanol–water partition coefficient (Wildman–Crippen LogP) is 4.50. The summed E-state index contributed by atoms with van der Waals surface area (Å²) in [7, 11) is 1.60. The SMILES string of the molecule is C=C1C(=O)[C@]23C(C)[C@H]1CC(=O)[C@H]2[C@]1(COC(C)=O)CCCC(C)(C)[C@H]1C[C@H]3OC(C)(C)OC. The van der Waals surface area contributed by atoms with E-state index in [1.807, 2.05) is 13.8 Å². The molecule has 184 valence electrons. The van der Waals surface area contributed by atoms with E-state index in [-0.39, 0.29) is 47.3 Å². The van der Waals surface area contributed by atoms with Crippen molar-refractivity contribution in [3.63, 3.8) is 0 Å². The van der Waals surface area contributed by atoms with Gasteiger partial charge in [-0.3, -0.25) is 14.4 Å². The van der Waals surface area contributed by atoms with Crippen molar-refractivity contribution in [1.29, 1.82) is 0 Å². The normalized spacial score (nSPS) is 42.0. The first kappa shape index (κ1) is 24.6. The Labute approximate surface area is 197 Å². The van der Waals surface area contributed by atoms with E-state index in [0.717, 1.165) is 19.3 Å². The van der Waals surface area contributed by atoms with Crippen LogP contribution >= 0.6 is 0 Å². The molecule has 2 bridgehead atoms. The highest BCUT2D eigenvalue weighted by molar-refractivity contribution is 6.09. The number of hydrogen-bond donors (Lipinski definition) is 0. The summed E-state index contributed by atoms with van der Waals surface area (Å²) in [6, 6.07) is 0. The van der Waals surface area contributed by atoms with Gasteiger partial charge in [0.1, 0.15) is 5.78 Å². The van der Waals surface area contributed by atoms with Crippen molar-refractivity contribution < 1.29 is 28.6 Å². The maximum Gasteiger partial charge on any atom is 0.302 e. The zero-order chi connectivity index (χ0) is 24.6. The molecule has 7 atom stereocenters. The molecule has 0 heterocycles. The lowest BCUT2D eigenvalue weighted by atomic mass is 9.38. The molecule has 4 saturated carbocycles. The number of Topliss-reactive ketones (excluding diaryl/α,β-unsaturated/α-hetero) is 2. The van der Waals surface area contributed by atoms with Gasteiger partial charge in [0.15, 0.2) is 11.6 Å². The molecule has 0 N–H and O–H groups in total. The molecular weight excluding hydrogens is 420 g/mol. The van der Waals surface area contributed by atoms with Crippen molar-refractivity contribution in [3.8, 4) is 0 Å². The van der Waals surface area contributed by atoms with E-state index in [2.05, 4.69) is 27.4 Å². The predicted molar refractivity (Wildman–Crippen MR) is 123 cm³/mol. The van der Waals surface area contributed by atoms with E-state index < -0.39 is 28.6 Å². The van der Waals surface area contributed by atoms with E-state index in [1.165, 1.54) is 6.92 Å². The molecule has 4 fully saturated rings. The number of ketones is 2. The van der Waals surface area contributed by atoms with Gasteiger partial charge in [0.2, 0.25) is 0 Å². The Kier molecular flexibility index (Phi) is 5.77. The lowest BCUT2D eigenvalue weighted by molar-refractivity contribution is -0.292. The Balaban J connectivity index is 1.96. The van der Waals surface area contributed by atoms with Crippen LogP contribution in [-0.2, 0) is 28.6 Å². The maximum absolute atomic E-state index is 14.1. The lowest BCUT2D eigenvalue weighted by Gasteiger charge is -2.66. The van der Waals surface area contributed by atoms with E-state index in [0.29, 0.717) is 18.4 Å². The molecule has 6 nitrogen and oxygen atoms in total. The standard InChI is InChI=1S/C27H40O6/c1-15-18-12-19(29)22-26(14-32-17(3)28)11-9-10-24(4,5)20(26)13-21(33-25(6,7)31-8)27(22,16(18)2)23(15)30/h16,18,20-22H,1,9-14H2,2-8H3/t16?,18-,20+,21+,22-,26-,27-/m0/s1. The highest BCUT2D eigenvalue weighted by atomic mass is 16.7. The highest BCUT2D eigenvalue weighted by Gasteiger charge is 2.77. The first-order chi connectivity index (χ1) is 15.2. The first-order valence-corrected chi connectivity index (χ1v) is 12.4. The Bertz CT molecular complexity index is 887. The molecule has 4 aliphatic rings. The molecule has 0 aliphatic heterocycles. The van der Waals surface area contributed by atoms with Crippen LogP contribution in [0.1, 0.15) is 73.6 Å². The van der Waals surface area contributed by atoms with Crippen LogP contribution in [-0.4, -0.2) is 43.1 Å². The summed E-state index contributed by atoms with van der Waals surface area (Å²) in [5.74, 6) is -1.90. The summed E-state index contributed by atoms with van der Waals surface area (Å²) in [6.07, 6.45) is 3.21. The molecule has 6 heteroatoms. The summed E-state index contributed by atoms with van der Waals surface area (Å²) >= 11 is 0. The fraction of sp³-hybridized carbons (Fsp3) is 0.815. The van der Waals surface area contributed by atoms with Crippen molar-refractivity contribution in [2.45, 2.75) is 85.5 Å². The number of hydrogen-bond acceptors (Lipinski definition) is 6. The van der Waals surface area contributed by atoms with Crippen LogP contribution < -0.4 is 0 Å². The van der Waals surface area contributed by atoms with Crippen LogP contribution in [0, 0.1) is 39.9 Å². The fourth-order valence-electron chi connectivity index (χ4n) is 8.34. The summed E-state index contributed by atoms with van der Waals surface area (Å²) in [6.45, 7) is 16.0. The van der Waals surface area contributed by atoms with Gasteiger partial charge < -0.3 is 14.2 Å². The molecule has 0 aromatic carbocycles. The van der Waals surface area contributed by atoms with Crippen molar-refractivity contribution in [2.75, 3.05) is 13.7 Å². The largest absolute Gasteiger partial charge is 0.465 e. The van der Waals surface area contributed by atoms with Crippen molar-refractivity contribution in [3.05, 3.63) is 12.2 Å². The van der Waals surface area contributed by atoms with Crippen LogP contribution in [0.2, 0.25) is 0 Å². The number of fused-ring (bicyclic) bond motifs is 3. The van der Waals surface area contributed by atoms with E-state index in [9.17, 15) is 14.4 Å². The van der Waals surface area contributed by atoms with Gasteiger partial charge in [0.25, 0.3) is 0 Å². The second-order valence-electron chi connectivity index (χ2n) is 12.1. The summed E-state index contributed by atoms with van der Waals surface area (Å²) in [5.41, 5.74) is -1.12. The first-order valence-electron chi connectivity index (χ1n) is 12.4. The summed E-state index contributed by atoms with van der Waals surface area (Å²) in [5, 5.41) is 0. The third-order valence-corrected chi connectivity index (χ3v) is 9.83. The van der Waals surface area contributed by atoms with Crippen LogP contribution in [0.3, 0.4) is 0 Å². The van der Waals surface area contributed by atoms with Crippen molar-refractivity contribution in [2.24, 2.45) is 39.9 Å². The van der Waals surface area contributed by atoms with Gasteiger partial charge >= 0.3 is 5.97 Å². The highest BCUT2D eigenvalue weighted by Crippen LogP contribution is 2.72. The molecule has 4 rings (SSSR count). The number of allylic oxidation sites excluding steroid dienone is 1. The van der Waals surface area contributed by atoms with Crippen LogP contribution in [0.25, 0.3) is 0 Å². The van der Waals surface area contributed by atoms with E-state index in [4.69, 9.17) is 14.2 Å². The molecule has 0 aromatic heterocycles. The van der Waals surface area contributed by atoms with Crippen LogP contribution in [0.5, 0.6) is 0 Å². The van der Waals surface area contributed by atoms with Gasteiger partial charge in [-0.15, -0.1) is 0 Å². The zero-order valence-corrected chi connectivity index (χ0v) is 21.3. The Hall–Kier alpha value is -1.53. The topological polar surface area (TPSA) is 78.9 Å². The molecule has 4 aliphatic carbocycles. The van der Waals surface area contributed by atoms with Crippen molar-refractivity contribution in [1.82, 2.24) is 0 Å². The van der Waals surface area contributed by atoms with Gasteiger partial charge in [-0.25, -0.2) is 0 Å². The molecule has 1 unspecified atom stereocenters. The number of methoxy groups -OCH3 is 1. The van der Waals surface area contributed by atoms with Gasteiger partial charge in [0.05, 0.1) is 18.1 Å². The minimum Gasteiger partial charge on any atom is -0.465 e. The third-order valence-electron chi connectivity index (χ3n) is 9.83. The van der Waals surface area contributed by atoms with Gasteiger partial charge in [-0.1, -0.05) is 33.8 Å². The monoisotopic (exact) mass is 460 g/mol. The summed E-state index contributed by atoms with van der Waals surface area (Å²) < 4.78 is 18.0. The van der Waals surface area contributed by atoms with Crippen LogP contribution in [0.4, 0.5) is 0 Å². The molecule has 0 radical (unpaired) electrons. The van der Waals surface area contributed by atoms with E-state index in [1.54, 1.807) is 7.11 Å². The molecular formula is C27H40O6. The van der Waals surface area contributed by atoms with E-state index >= 15 is 0 Å². The number of rotatable bonds is 5. The fourth-order valence-corrected chi connectivity index (χ4v) is 8.34. The number of carbonyl (C=O) groups excluding carboxylic acids is 3. The second-order valence-corrected chi connectivity index (χ2v) is 12.1. The quantitative estimate of drug-likeness (QED) is 0.341. The number of carbonyl (C=O) groups is 3. The second kappa shape index (κ2) is 7.74.